The number of nitrogens with two attached hydrogens (primary N) is 2. The molecule has 1 amide bonds. The number of primary amides is 1. The van der Waals surface area contributed by atoms with Crippen molar-refractivity contribution in [2.24, 2.45) is 5.73 Å². The minimum Gasteiger partial charge on any atom is -0.397 e. The van der Waals surface area contributed by atoms with Crippen LogP contribution in [0, 0.1) is 6.92 Å². The Morgan fingerprint density at radius 1 is 1.21 bits per heavy atom. The molecule has 7 heteroatoms. The van der Waals surface area contributed by atoms with E-state index in [0.717, 1.165) is 16.9 Å². The summed E-state index contributed by atoms with van der Waals surface area (Å²) in [5.41, 5.74) is 14.3. The lowest BCUT2D eigenvalue weighted by Crippen LogP contribution is -2.10. The Hall–Kier alpha value is -2.44. The van der Waals surface area contributed by atoms with Crippen molar-refractivity contribution in [2.45, 2.75) is 13.8 Å². The molecule has 0 aliphatic rings. The lowest BCUT2D eigenvalue weighted by molar-refractivity contribution is 0.0999. The van der Waals surface area contributed by atoms with Gasteiger partial charge in [0.2, 0.25) is 0 Å². The number of anilines is 1. The Morgan fingerprint density at radius 3 is 2.38 bits per heavy atom. The zero-order valence-electron chi connectivity index (χ0n) is 13.0. The molecule has 0 saturated heterocycles. The maximum Gasteiger partial charge on any atom is 0.260 e. The molecule has 0 fully saturated rings. The number of aromatic nitrogens is 1. The Kier molecular flexibility index (Phi) is 4.03. The molecule has 0 aliphatic carbocycles. The van der Waals surface area contributed by atoms with Crippen molar-refractivity contribution in [2.75, 3.05) is 5.73 Å². The number of thiophene rings is 1. The Bertz CT molecular complexity index is 993. The minimum absolute atomic E-state index is 0.127. The van der Waals surface area contributed by atoms with Crippen molar-refractivity contribution in [3.05, 3.63) is 45.4 Å². The fraction of sp³-hybridized carbons (Fsp3) is 0.118. The monoisotopic (exact) mass is 359 g/mol. The molecule has 0 bridgehead atoms. The smallest absolute Gasteiger partial charge is 0.260 e. The Balaban J connectivity index is 2.50. The number of amides is 1. The fourth-order valence-corrected chi connectivity index (χ4v) is 3.91. The molecule has 0 saturated carbocycles. The van der Waals surface area contributed by atoms with Crippen molar-refractivity contribution in [3.63, 3.8) is 0 Å². The van der Waals surface area contributed by atoms with Crippen LogP contribution in [0.4, 0.5) is 5.69 Å². The molecule has 4 N–H and O–H groups in total. The number of Topliss-reactive ketones (excluding diaryl/α,β-unsaturated/α-hetero) is 1. The third kappa shape index (κ3) is 2.53. The summed E-state index contributed by atoms with van der Waals surface area (Å²) in [5.74, 6) is -0.738. The summed E-state index contributed by atoms with van der Waals surface area (Å²) in [6.45, 7) is 3.24. The summed E-state index contributed by atoms with van der Waals surface area (Å²) in [4.78, 5) is 29.1. The minimum atomic E-state index is -0.611. The number of hydrogen-bond donors (Lipinski definition) is 2. The van der Waals surface area contributed by atoms with Gasteiger partial charge in [-0.05, 0) is 31.5 Å². The van der Waals surface area contributed by atoms with E-state index in [1.165, 1.54) is 6.92 Å². The van der Waals surface area contributed by atoms with Crippen LogP contribution in [0.2, 0.25) is 5.02 Å². The molecule has 122 valence electrons. The van der Waals surface area contributed by atoms with Gasteiger partial charge in [0.05, 0.1) is 11.4 Å². The first-order chi connectivity index (χ1) is 11.3. The highest BCUT2D eigenvalue weighted by atomic mass is 35.5. The number of fused-ring (bicyclic) bond motifs is 1. The zero-order chi connectivity index (χ0) is 17.6. The Morgan fingerprint density at radius 2 is 1.83 bits per heavy atom. The molecule has 0 aliphatic heterocycles. The van der Waals surface area contributed by atoms with Gasteiger partial charge in [-0.1, -0.05) is 23.7 Å². The molecule has 0 atom stereocenters. The Labute approximate surface area is 147 Å². The van der Waals surface area contributed by atoms with Crippen molar-refractivity contribution in [1.29, 1.82) is 0 Å². The standard InChI is InChI=1S/C17H14ClN3O2S/c1-7-11(8(2)22)12(9-3-5-10(18)6-4-9)13-14(19)15(16(20)23)24-17(13)21-7/h3-6H,19H2,1-2H3,(H2,20,23). The van der Waals surface area contributed by atoms with Crippen LogP contribution < -0.4 is 11.5 Å². The molecular weight excluding hydrogens is 346 g/mol. The second-order valence-electron chi connectivity index (χ2n) is 5.40. The number of rotatable bonds is 3. The van der Waals surface area contributed by atoms with E-state index in [1.54, 1.807) is 19.1 Å². The van der Waals surface area contributed by atoms with Crippen LogP contribution in [-0.4, -0.2) is 16.7 Å². The maximum atomic E-state index is 12.2. The van der Waals surface area contributed by atoms with Crippen LogP contribution in [0.15, 0.2) is 24.3 Å². The number of hydrogen-bond acceptors (Lipinski definition) is 5. The lowest BCUT2D eigenvalue weighted by atomic mass is 9.93. The molecule has 0 spiro atoms. The number of carbonyl (C=O) groups excluding carboxylic acids is 2. The lowest BCUT2D eigenvalue weighted by Gasteiger charge is -2.12. The van der Waals surface area contributed by atoms with E-state index in [9.17, 15) is 9.59 Å². The molecular formula is C17H14ClN3O2S. The van der Waals surface area contributed by atoms with Crippen LogP contribution >= 0.6 is 22.9 Å². The van der Waals surface area contributed by atoms with E-state index in [-0.39, 0.29) is 16.3 Å². The van der Waals surface area contributed by atoms with Crippen LogP contribution in [0.25, 0.3) is 21.3 Å². The number of pyridine rings is 1. The fourth-order valence-electron chi connectivity index (χ4n) is 2.78. The van der Waals surface area contributed by atoms with E-state index in [1.807, 2.05) is 12.1 Å². The quantitative estimate of drug-likeness (QED) is 0.694. The van der Waals surface area contributed by atoms with Crippen LogP contribution in [-0.2, 0) is 0 Å². The molecule has 5 nitrogen and oxygen atoms in total. The van der Waals surface area contributed by atoms with Gasteiger partial charge in [0.25, 0.3) is 5.91 Å². The largest absolute Gasteiger partial charge is 0.397 e. The first-order valence-electron chi connectivity index (χ1n) is 7.10. The molecule has 24 heavy (non-hydrogen) atoms. The zero-order valence-corrected chi connectivity index (χ0v) is 14.6. The predicted molar refractivity (Wildman–Crippen MR) is 97.7 cm³/mol. The second-order valence-corrected chi connectivity index (χ2v) is 6.84. The van der Waals surface area contributed by atoms with Crippen LogP contribution in [0.5, 0.6) is 0 Å². The van der Waals surface area contributed by atoms with Crippen molar-refractivity contribution in [3.8, 4) is 11.1 Å². The number of aryl methyl sites for hydroxylation is 1. The molecule has 2 aromatic heterocycles. The van der Waals surface area contributed by atoms with Gasteiger partial charge in [-0.2, -0.15) is 0 Å². The van der Waals surface area contributed by atoms with E-state index in [2.05, 4.69) is 4.98 Å². The van der Waals surface area contributed by atoms with Gasteiger partial charge >= 0.3 is 0 Å². The predicted octanol–water partition coefficient (Wildman–Crippen LogP) is 3.81. The van der Waals surface area contributed by atoms with Gasteiger partial charge in [-0.3, -0.25) is 9.59 Å². The third-order valence-electron chi connectivity index (χ3n) is 3.77. The summed E-state index contributed by atoms with van der Waals surface area (Å²) in [6, 6.07) is 7.09. The number of benzene rings is 1. The van der Waals surface area contributed by atoms with E-state index in [4.69, 9.17) is 23.1 Å². The summed E-state index contributed by atoms with van der Waals surface area (Å²) in [6.07, 6.45) is 0. The van der Waals surface area contributed by atoms with E-state index in [0.29, 0.717) is 32.1 Å². The van der Waals surface area contributed by atoms with Gasteiger partial charge < -0.3 is 11.5 Å². The number of nitrogen functional groups attached to an aromatic ring is 1. The number of carbonyl (C=O) groups is 2. The maximum absolute atomic E-state index is 12.2. The molecule has 2 heterocycles. The molecule has 3 aromatic rings. The molecule has 3 rings (SSSR count). The van der Waals surface area contributed by atoms with E-state index >= 15 is 0 Å². The average molecular weight is 360 g/mol. The highest BCUT2D eigenvalue weighted by Crippen LogP contribution is 2.42. The molecule has 0 radical (unpaired) electrons. The topological polar surface area (TPSA) is 99.1 Å². The molecule has 0 unspecified atom stereocenters. The SMILES string of the molecule is CC(=O)c1c(C)nc2sc(C(N)=O)c(N)c2c1-c1ccc(Cl)cc1. The van der Waals surface area contributed by atoms with Gasteiger partial charge in [0.15, 0.2) is 5.78 Å². The van der Waals surface area contributed by atoms with Crippen molar-refractivity contribution < 1.29 is 9.59 Å². The summed E-state index contributed by atoms with van der Waals surface area (Å²) < 4.78 is 0. The first kappa shape index (κ1) is 16.4. The normalized spacial score (nSPS) is 11.0. The third-order valence-corrected chi connectivity index (χ3v) is 5.13. The van der Waals surface area contributed by atoms with Crippen LogP contribution in [0.3, 0.4) is 0 Å². The average Bonchev–Trinajstić information content (AvgIpc) is 2.83. The van der Waals surface area contributed by atoms with Crippen molar-refractivity contribution >= 4 is 50.5 Å². The van der Waals surface area contributed by atoms with Gasteiger partial charge in [-0.15, -0.1) is 11.3 Å². The van der Waals surface area contributed by atoms with Gasteiger partial charge in [0.1, 0.15) is 9.71 Å². The summed E-state index contributed by atoms with van der Waals surface area (Å²) in [5, 5.41) is 1.16. The van der Waals surface area contributed by atoms with Gasteiger partial charge in [-0.25, -0.2) is 4.98 Å². The van der Waals surface area contributed by atoms with Crippen molar-refractivity contribution in [1.82, 2.24) is 4.98 Å². The number of nitrogens with zero attached hydrogens (tertiary/aromatic N) is 1. The summed E-state index contributed by atoms with van der Waals surface area (Å²) >= 11 is 7.10. The highest BCUT2D eigenvalue weighted by molar-refractivity contribution is 7.21. The highest BCUT2D eigenvalue weighted by Gasteiger charge is 2.24. The second kappa shape index (κ2) is 5.89. The first-order valence-corrected chi connectivity index (χ1v) is 8.30. The number of ketones is 1. The van der Waals surface area contributed by atoms with E-state index < -0.39 is 5.91 Å². The van der Waals surface area contributed by atoms with Crippen LogP contribution in [0.1, 0.15) is 32.6 Å². The summed E-state index contributed by atoms with van der Waals surface area (Å²) in [7, 11) is 0. The molecule has 1 aromatic carbocycles. The number of halogens is 1. The van der Waals surface area contributed by atoms with Gasteiger partial charge in [0, 0.05) is 21.5 Å².